The second-order valence-electron chi connectivity index (χ2n) is 7.20. The lowest BCUT2D eigenvalue weighted by Gasteiger charge is -2.42. The van der Waals surface area contributed by atoms with Crippen LogP contribution in [-0.2, 0) is 36.8 Å². The molecular weight excluding hydrogens is 509 g/mol. The number of hydrogen-bond acceptors (Lipinski definition) is 13. The minimum Gasteiger partial charge on any atom is -0.388 e. The fraction of sp³-hybridized carbons (Fsp3) is 0.923. The average Bonchev–Trinajstić information content (AvgIpc) is 2.96. The number of phosphoric acid groups is 2. The van der Waals surface area contributed by atoms with Crippen molar-refractivity contribution in [3.63, 3.8) is 0 Å². The van der Waals surface area contributed by atoms with Gasteiger partial charge < -0.3 is 45.0 Å². The maximum absolute atomic E-state index is 12.3. The van der Waals surface area contributed by atoms with Gasteiger partial charge in [-0.25, -0.2) is 9.13 Å². The average molecular weight is 532 g/mol. The van der Waals surface area contributed by atoms with Gasteiger partial charge in [0, 0.05) is 17.8 Å². The molecule has 192 valence electrons. The molecule has 2 radical (unpaired) electrons. The number of ether oxygens (including phenoxy) is 2. The molecule has 0 aromatic heterocycles. The standard InChI is InChI=1S/C13H23BN4O14P2/c1-4(19)17-7-10(22)8(20)5(2-16-18-15)30-13(7)31-34(26,27)32-33(24,25)28-3-6-9(21)11(23)12(14)29-6/h5-13,20-23H,2-3H2,1H3,(H,17,19)(H,24,25)(H,26,27)/t5?,6-,7?,8?,9?,10?,11+,12-,13?/m1/s1. The Morgan fingerprint density at radius 2 is 1.71 bits per heavy atom. The Morgan fingerprint density at radius 1 is 1.09 bits per heavy atom. The fourth-order valence-electron chi connectivity index (χ4n) is 3.06. The first-order valence-corrected chi connectivity index (χ1v) is 12.4. The largest absolute Gasteiger partial charge is 0.483 e. The highest BCUT2D eigenvalue weighted by Crippen LogP contribution is 2.61. The van der Waals surface area contributed by atoms with Crippen LogP contribution in [0.5, 0.6) is 0 Å². The topological polar surface area (TPSA) is 280 Å². The third-order valence-corrected chi connectivity index (χ3v) is 7.24. The number of phosphoric ester groups is 2. The van der Waals surface area contributed by atoms with E-state index in [0.717, 1.165) is 6.92 Å². The molecule has 21 heteroatoms. The van der Waals surface area contributed by atoms with E-state index in [9.17, 15) is 44.1 Å². The summed E-state index contributed by atoms with van der Waals surface area (Å²) in [6.45, 7) is -0.445. The molecule has 11 atom stereocenters. The van der Waals surface area contributed by atoms with Gasteiger partial charge in [-0.2, -0.15) is 4.31 Å². The van der Waals surface area contributed by atoms with Crippen LogP contribution in [-0.4, -0.2) is 112 Å². The summed E-state index contributed by atoms with van der Waals surface area (Å²) in [7, 11) is -5.58. The minimum atomic E-state index is -5.55. The Morgan fingerprint density at radius 3 is 2.24 bits per heavy atom. The molecular formula is C13H23BN4O14P2. The van der Waals surface area contributed by atoms with E-state index in [1.54, 1.807) is 0 Å². The second-order valence-corrected chi connectivity index (χ2v) is 10.2. The van der Waals surface area contributed by atoms with E-state index in [1.165, 1.54) is 0 Å². The van der Waals surface area contributed by atoms with Gasteiger partial charge in [0.2, 0.25) is 5.91 Å². The molecule has 18 nitrogen and oxygen atoms in total. The highest BCUT2D eigenvalue weighted by Gasteiger charge is 2.49. The Bertz CT molecular complexity index is 879. The van der Waals surface area contributed by atoms with E-state index in [1.807, 2.05) is 0 Å². The molecule has 2 aliphatic rings. The van der Waals surface area contributed by atoms with Crippen molar-refractivity contribution in [1.82, 2.24) is 5.32 Å². The summed E-state index contributed by atoms with van der Waals surface area (Å²) < 4.78 is 47.8. The van der Waals surface area contributed by atoms with Gasteiger partial charge >= 0.3 is 15.6 Å². The molecule has 0 aromatic carbocycles. The molecule has 0 spiro atoms. The van der Waals surface area contributed by atoms with Crippen LogP contribution in [0.3, 0.4) is 0 Å². The summed E-state index contributed by atoms with van der Waals surface area (Å²) >= 11 is 0. The van der Waals surface area contributed by atoms with E-state index in [0.29, 0.717) is 0 Å². The molecule has 8 unspecified atom stereocenters. The maximum atomic E-state index is 12.3. The van der Waals surface area contributed by atoms with Gasteiger partial charge in [-0.15, -0.1) is 0 Å². The van der Waals surface area contributed by atoms with Crippen molar-refractivity contribution < 1.29 is 67.0 Å². The third kappa shape index (κ3) is 7.68. The molecule has 0 aliphatic carbocycles. The lowest BCUT2D eigenvalue weighted by molar-refractivity contribution is -0.238. The zero-order chi connectivity index (χ0) is 25.8. The van der Waals surface area contributed by atoms with Crippen LogP contribution in [0.25, 0.3) is 10.4 Å². The Balaban J connectivity index is 2.09. The summed E-state index contributed by atoms with van der Waals surface area (Å²) in [5.74, 6) is -0.776. The van der Waals surface area contributed by atoms with Crippen LogP contribution in [0.1, 0.15) is 6.92 Å². The number of aliphatic hydroxyl groups excluding tert-OH is 4. The fourth-order valence-corrected chi connectivity index (χ4v) is 5.23. The van der Waals surface area contributed by atoms with E-state index in [4.69, 9.17) is 22.9 Å². The predicted octanol–water partition coefficient (Wildman–Crippen LogP) is -2.89. The second kappa shape index (κ2) is 11.7. The SMILES string of the molecule is [B][C@@H]1O[C@H](COP(=O)(O)OP(=O)(O)OC2OC(CN=[N+]=[N-])C(O)C(O)C2NC(C)=O)C(O)[C@@H]1O. The van der Waals surface area contributed by atoms with Gasteiger partial charge in [-0.3, -0.25) is 13.8 Å². The monoisotopic (exact) mass is 532 g/mol. The van der Waals surface area contributed by atoms with Gasteiger partial charge in [0.05, 0.1) is 25.4 Å². The third-order valence-electron chi connectivity index (χ3n) is 4.64. The van der Waals surface area contributed by atoms with E-state index >= 15 is 0 Å². The van der Waals surface area contributed by atoms with Gasteiger partial charge in [0.15, 0.2) is 6.29 Å². The summed E-state index contributed by atoms with van der Waals surface area (Å²) in [6, 6.07) is -2.98. The zero-order valence-corrected chi connectivity index (χ0v) is 19.2. The van der Waals surface area contributed by atoms with Crippen molar-refractivity contribution in [2.45, 2.75) is 61.9 Å². The van der Waals surface area contributed by atoms with Crippen LogP contribution in [0.4, 0.5) is 0 Å². The Hall–Kier alpha value is -1.14. The molecule has 1 amide bonds. The van der Waals surface area contributed by atoms with Crippen molar-refractivity contribution in [2.24, 2.45) is 5.11 Å². The van der Waals surface area contributed by atoms with E-state index in [-0.39, 0.29) is 0 Å². The van der Waals surface area contributed by atoms with E-state index in [2.05, 4.69) is 28.7 Å². The van der Waals surface area contributed by atoms with Crippen molar-refractivity contribution in [2.75, 3.05) is 13.2 Å². The molecule has 34 heavy (non-hydrogen) atoms. The molecule has 2 heterocycles. The highest BCUT2D eigenvalue weighted by atomic mass is 31.3. The van der Waals surface area contributed by atoms with Crippen LogP contribution in [0.2, 0.25) is 0 Å². The predicted molar refractivity (Wildman–Crippen MR) is 106 cm³/mol. The number of azide groups is 1. The molecule has 7 N–H and O–H groups in total. The summed E-state index contributed by atoms with van der Waals surface area (Å²) in [4.78, 5) is 33.6. The summed E-state index contributed by atoms with van der Waals surface area (Å²) in [5.41, 5.74) is 8.42. The van der Waals surface area contributed by atoms with Gasteiger partial charge in [-0.05, 0) is 5.53 Å². The number of carbonyl (C=O) groups excluding carboxylic acids is 1. The quantitative estimate of drug-likeness (QED) is 0.0489. The first-order chi connectivity index (χ1) is 15.7. The van der Waals surface area contributed by atoms with Crippen LogP contribution in [0, 0.1) is 0 Å². The van der Waals surface area contributed by atoms with Crippen LogP contribution in [0.15, 0.2) is 5.11 Å². The van der Waals surface area contributed by atoms with E-state index < -0.39 is 89.7 Å². The first kappa shape index (κ1) is 29.1. The van der Waals surface area contributed by atoms with Crippen molar-refractivity contribution in [3.05, 3.63) is 10.4 Å². The van der Waals surface area contributed by atoms with Gasteiger partial charge in [0.25, 0.3) is 0 Å². The number of nitrogens with zero attached hydrogens (tertiary/aromatic N) is 3. The van der Waals surface area contributed by atoms with Crippen molar-refractivity contribution >= 4 is 29.4 Å². The van der Waals surface area contributed by atoms with Crippen LogP contribution >= 0.6 is 15.6 Å². The number of amides is 1. The zero-order valence-electron chi connectivity index (χ0n) is 17.4. The van der Waals surface area contributed by atoms with Crippen LogP contribution < -0.4 is 5.32 Å². The number of nitrogens with one attached hydrogen (secondary N) is 1. The summed E-state index contributed by atoms with van der Waals surface area (Å²) in [5, 5.41) is 44.8. The molecule has 2 fully saturated rings. The smallest absolute Gasteiger partial charge is 0.388 e. The maximum Gasteiger partial charge on any atom is 0.483 e. The lowest BCUT2D eigenvalue weighted by Crippen LogP contribution is -2.64. The normalized spacial score (nSPS) is 39.4. The highest BCUT2D eigenvalue weighted by molar-refractivity contribution is 7.61. The Kier molecular flexibility index (Phi) is 10.0. The molecule has 0 saturated carbocycles. The minimum absolute atomic E-state index is 0.558. The van der Waals surface area contributed by atoms with Crippen molar-refractivity contribution in [1.29, 1.82) is 0 Å². The van der Waals surface area contributed by atoms with Crippen molar-refractivity contribution in [3.8, 4) is 0 Å². The number of hydrogen-bond donors (Lipinski definition) is 7. The number of rotatable bonds is 10. The first-order valence-electron chi connectivity index (χ1n) is 9.44. The molecule has 2 rings (SSSR count). The molecule has 0 aromatic rings. The Labute approximate surface area is 193 Å². The molecule has 2 aliphatic heterocycles. The number of carbonyl (C=O) groups is 1. The van der Waals surface area contributed by atoms with Gasteiger partial charge in [-0.1, -0.05) is 5.11 Å². The van der Waals surface area contributed by atoms with Gasteiger partial charge in [0.1, 0.15) is 38.3 Å². The lowest BCUT2D eigenvalue weighted by atomic mass is 9.93. The summed E-state index contributed by atoms with van der Waals surface area (Å²) in [6.07, 6.45) is -11.6. The molecule has 2 saturated heterocycles. The number of aliphatic hydroxyl groups is 4. The molecule has 0 bridgehead atoms.